The third-order valence-corrected chi connectivity index (χ3v) is 8.71. The van der Waals surface area contributed by atoms with E-state index in [1.54, 1.807) is 6.20 Å². The number of imidazole rings is 1. The molecule has 0 spiro atoms. The van der Waals surface area contributed by atoms with Gasteiger partial charge in [0, 0.05) is 34.0 Å². The molecule has 0 aromatic carbocycles. The summed E-state index contributed by atoms with van der Waals surface area (Å²) in [7, 11) is -1.18. The van der Waals surface area contributed by atoms with Crippen LogP contribution in [0.15, 0.2) is 18.5 Å². The van der Waals surface area contributed by atoms with Crippen LogP contribution in [0, 0.1) is 25.2 Å². The molecule has 1 aliphatic rings. The van der Waals surface area contributed by atoms with E-state index in [9.17, 15) is 0 Å². The van der Waals surface area contributed by atoms with Crippen LogP contribution < -0.4 is 4.90 Å². The number of hydrogen-bond acceptors (Lipinski definition) is 7. The number of piperidine rings is 1. The first kappa shape index (κ1) is 24.9. The van der Waals surface area contributed by atoms with Gasteiger partial charge in [-0.1, -0.05) is 32.5 Å². The molecule has 9 heteroatoms. The summed E-state index contributed by atoms with van der Waals surface area (Å²) in [4.78, 5) is 14.1. The molecule has 7 nitrogen and oxygen atoms in total. The molecule has 0 amide bonds. The second-order valence-corrected chi connectivity index (χ2v) is 17.0. The second kappa shape index (κ2) is 10.6. The molecule has 0 aliphatic carbocycles. The van der Waals surface area contributed by atoms with E-state index in [1.165, 1.54) is 24.4 Å². The van der Waals surface area contributed by atoms with Crippen molar-refractivity contribution in [1.82, 2.24) is 23.6 Å². The normalized spacial score (nSPS) is 17.2. The minimum atomic E-state index is -1.18. The van der Waals surface area contributed by atoms with Gasteiger partial charge in [-0.05, 0) is 55.9 Å². The Morgan fingerprint density at radius 2 is 2.18 bits per heavy atom. The van der Waals surface area contributed by atoms with Gasteiger partial charge in [0.05, 0.1) is 17.6 Å². The number of nitrogens with zero attached hydrogens (tertiary/aromatic N) is 6. The van der Waals surface area contributed by atoms with Crippen molar-refractivity contribution in [1.29, 1.82) is 0 Å². The Hall–Kier alpha value is -2.25. The van der Waals surface area contributed by atoms with Crippen molar-refractivity contribution in [2.24, 2.45) is 5.92 Å². The number of likely N-dealkylation sites (tertiary alicyclic amines) is 1. The van der Waals surface area contributed by atoms with Crippen LogP contribution in [0.5, 0.6) is 0 Å². The maximum atomic E-state index is 6.19. The van der Waals surface area contributed by atoms with Crippen LogP contribution in [-0.2, 0) is 11.3 Å². The van der Waals surface area contributed by atoms with Gasteiger partial charge in [0.2, 0.25) is 0 Å². The lowest BCUT2D eigenvalue weighted by molar-refractivity contribution is 0.153. The zero-order valence-corrected chi connectivity index (χ0v) is 22.9. The zero-order chi connectivity index (χ0) is 24.3. The van der Waals surface area contributed by atoms with Crippen molar-refractivity contribution >= 4 is 36.1 Å². The van der Waals surface area contributed by atoms with Gasteiger partial charge in [-0.25, -0.2) is 9.97 Å². The number of fused-ring (bicyclic) bond motifs is 1. The highest BCUT2D eigenvalue weighted by molar-refractivity contribution is 7.10. The van der Waals surface area contributed by atoms with Gasteiger partial charge in [0.25, 0.3) is 0 Å². The maximum Gasteiger partial charge on any atom is 0.181 e. The van der Waals surface area contributed by atoms with E-state index >= 15 is 0 Å². The fraction of sp³-hybridized carbons (Fsp3) is 0.560. The van der Waals surface area contributed by atoms with E-state index in [-0.39, 0.29) is 0 Å². The van der Waals surface area contributed by atoms with Crippen LogP contribution in [0.2, 0.25) is 25.7 Å². The Morgan fingerprint density at radius 3 is 2.91 bits per heavy atom. The smallest absolute Gasteiger partial charge is 0.181 e. The number of anilines is 2. The van der Waals surface area contributed by atoms with Crippen LogP contribution in [0.25, 0.3) is 5.65 Å². The molecule has 4 rings (SSSR count). The zero-order valence-electron chi connectivity index (χ0n) is 21.0. The monoisotopic (exact) mass is 496 g/mol. The summed E-state index contributed by atoms with van der Waals surface area (Å²) < 4.78 is 12.9. The summed E-state index contributed by atoms with van der Waals surface area (Å²) >= 11 is 1.49. The Labute approximate surface area is 208 Å². The molecular weight excluding hydrogens is 460 g/mol. The molecule has 1 aliphatic heterocycles. The molecule has 0 N–H and O–H groups in total. The number of aryl methyl sites for hydroxylation is 1. The number of aromatic nitrogens is 4. The van der Waals surface area contributed by atoms with Crippen molar-refractivity contribution in [2.75, 3.05) is 31.3 Å². The van der Waals surface area contributed by atoms with E-state index in [4.69, 9.17) is 20.5 Å². The van der Waals surface area contributed by atoms with Gasteiger partial charge in [-0.15, -0.1) is 6.42 Å². The molecule has 3 aromatic heterocycles. The highest BCUT2D eigenvalue weighted by Gasteiger charge is 2.23. The van der Waals surface area contributed by atoms with Gasteiger partial charge in [-0.2, -0.15) is 4.37 Å². The highest BCUT2D eigenvalue weighted by atomic mass is 32.1. The molecule has 1 fully saturated rings. The van der Waals surface area contributed by atoms with Gasteiger partial charge in [0.1, 0.15) is 17.4 Å². The van der Waals surface area contributed by atoms with Crippen molar-refractivity contribution < 1.29 is 4.74 Å². The number of terminal acetylenes is 1. The van der Waals surface area contributed by atoms with Crippen molar-refractivity contribution in [3.8, 4) is 12.3 Å². The standard InChI is InChI=1S/C25H36N6OSSi/c1-7-22-14-26-24-25(27-20(3)16-30(22)24)31(18-32-11-12-34(4,5)6)23-13-21(28-33-23)17-29-10-8-9-19(2)15-29/h1,13-14,16,19H,8-12,15,17-18H2,2-6H3. The molecule has 4 heterocycles. The van der Waals surface area contributed by atoms with Gasteiger partial charge in [-0.3, -0.25) is 14.2 Å². The number of rotatable bonds is 9. The molecule has 3 aromatic rings. The van der Waals surface area contributed by atoms with E-state index in [1.807, 2.05) is 17.5 Å². The lowest BCUT2D eigenvalue weighted by Crippen LogP contribution is -2.33. The molecule has 1 atom stereocenters. The SMILES string of the molecule is C#Cc1cnc2c(N(COCC[Si](C)(C)C)c3cc(CN4CCCC(C)C4)ns3)nc(C)cn12. The van der Waals surface area contributed by atoms with E-state index in [0.717, 1.165) is 66.1 Å². The van der Waals surface area contributed by atoms with Crippen molar-refractivity contribution in [2.45, 2.75) is 58.9 Å². The Balaban J connectivity index is 1.62. The summed E-state index contributed by atoms with van der Waals surface area (Å²) in [5, 5.41) is 1.01. The van der Waals surface area contributed by atoms with Gasteiger partial charge >= 0.3 is 0 Å². The lowest BCUT2D eigenvalue weighted by atomic mass is 10.0. The first-order valence-corrected chi connectivity index (χ1v) is 16.6. The summed E-state index contributed by atoms with van der Waals surface area (Å²) in [6.07, 6.45) is 11.9. The van der Waals surface area contributed by atoms with Crippen LogP contribution in [-0.4, -0.2) is 58.1 Å². The third-order valence-electron chi connectivity index (χ3n) is 6.15. The van der Waals surface area contributed by atoms with E-state index in [0.29, 0.717) is 12.4 Å². The summed E-state index contributed by atoms with van der Waals surface area (Å²) in [6, 6.07) is 3.29. The summed E-state index contributed by atoms with van der Waals surface area (Å²) in [6.45, 7) is 15.7. The van der Waals surface area contributed by atoms with Crippen molar-refractivity contribution in [3.05, 3.63) is 35.5 Å². The van der Waals surface area contributed by atoms with E-state index in [2.05, 4.69) is 53.3 Å². The van der Waals surface area contributed by atoms with Crippen LogP contribution in [0.1, 0.15) is 36.8 Å². The topological polar surface area (TPSA) is 58.8 Å². The average molecular weight is 497 g/mol. The fourth-order valence-corrected chi connectivity index (χ4v) is 5.81. The lowest BCUT2D eigenvalue weighted by Gasteiger charge is -2.30. The maximum absolute atomic E-state index is 6.19. The largest absolute Gasteiger partial charge is 0.361 e. The Bertz CT molecular complexity index is 1160. The molecule has 1 saturated heterocycles. The summed E-state index contributed by atoms with van der Waals surface area (Å²) in [5.41, 5.74) is 3.41. The quantitative estimate of drug-likeness (QED) is 0.177. The van der Waals surface area contributed by atoms with Crippen LogP contribution >= 0.6 is 11.5 Å². The summed E-state index contributed by atoms with van der Waals surface area (Å²) in [5.74, 6) is 4.21. The van der Waals surface area contributed by atoms with Crippen LogP contribution in [0.3, 0.4) is 0 Å². The first-order valence-electron chi connectivity index (χ1n) is 12.1. The molecular formula is C25H36N6OSSi. The molecule has 1 unspecified atom stereocenters. The average Bonchev–Trinajstić information content (AvgIpc) is 3.39. The van der Waals surface area contributed by atoms with Gasteiger partial charge in [0.15, 0.2) is 11.5 Å². The van der Waals surface area contributed by atoms with E-state index < -0.39 is 8.07 Å². The minimum absolute atomic E-state index is 0.400. The minimum Gasteiger partial charge on any atom is -0.361 e. The van der Waals surface area contributed by atoms with Crippen LogP contribution in [0.4, 0.5) is 10.8 Å². The first-order chi connectivity index (χ1) is 16.2. The molecule has 0 radical (unpaired) electrons. The molecule has 0 bridgehead atoms. The predicted molar refractivity (Wildman–Crippen MR) is 143 cm³/mol. The number of ether oxygens (including phenoxy) is 1. The van der Waals surface area contributed by atoms with Gasteiger partial charge < -0.3 is 4.74 Å². The fourth-order valence-electron chi connectivity index (χ4n) is 4.30. The molecule has 182 valence electrons. The number of hydrogen-bond donors (Lipinski definition) is 0. The Morgan fingerprint density at radius 1 is 1.35 bits per heavy atom. The predicted octanol–water partition coefficient (Wildman–Crippen LogP) is 5.16. The Kier molecular flexibility index (Phi) is 7.72. The molecule has 34 heavy (non-hydrogen) atoms. The highest BCUT2D eigenvalue weighted by Crippen LogP contribution is 2.32. The second-order valence-electron chi connectivity index (χ2n) is 10.6. The molecule has 0 saturated carbocycles. The third kappa shape index (κ3) is 6.05. The van der Waals surface area contributed by atoms with Crippen molar-refractivity contribution in [3.63, 3.8) is 0 Å².